The Morgan fingerprint density at radius 1 is 1.18 bits per heavy atom. The summed E-state index contributed by atoms with van der Waals surface area (Å²) in [7, 11) is 2.89. The number of aryl methyl sites for hydroxylation is 1. The highest BCUT2D eigenvalue weighted by Crippen LogP contribution is 2.37. The minimum Gasteiger partial charge on any atom is -0.489 e. The second-order valence-electron chi connectivity index (χ2n) is 8.94. The number of nitrogens with one attached hydrogen (secondary N) is 3. The van der Waals surface area contributed by atoms with Crippen molar-refractivity contribution in [3.8, 4) is 11.8 Å². The third kappa shape index (κ3) is 7.34. The second-order valence-corrected chi connectivity index (χ2v) is 8.94. The number of rotatable bonds is 15. The van der Waals surface area contributed by atoms with Crippen LogP contribution in [0.4, 0.5) is 13.2 Å². The fourth-order valence-electron chi connectivity index (χ4n) is 4.00. The molecule has 0 aliphatic heterocycles. The first-order valence-corrected chi connectivity index (χ1v) is 12.7. The standard InChI is InChI=1S/C28H38F3N5O2/c1-7-12-34-15-20(17(3)8-2)16-38-27-23-18(4)35-28(37-6)36-26(23)24(30)21(25(27)31)13-22(33-5)19(14-32)10-9-11-29/h9-11,13-14,17,20,32-34H,7-8,12,15-16H2,1-6H3/b11-9+,19-10-,22-13-,32-14?/t17?,20-/m0/s1. The van der Waals surface area contributed by atoms with Crippen LogP contribution >= 0.6 is 0 Å². The van der Waals surface area contributed by atoms with E-state index in [1.807, 2.05) is 0 Å². The molecule has 0 fully saturated rings. The molecule has 1 aromatic carbocycles. The van der Waals surface area contributed by atoms with E-state index in [4.69, 9.17) is 14.9 Å². The van der Waals surface area contributed by atoms with E-state index in [1.54, 1.807) is 6.92 Å². The van der Waals surface area contributed by atoms with E-state index in [-0.39, 0.29) is 46.5 Å². The Morgan fingerprint density at radius 2 is 1.92 bits per heavy atom. The fraction of sp³-hybridized carbons (Fsp3) is 0.464. The molecule has 2 aromatic rings. The van der Waals surface area contributed by atoms with Crippen molar-refractivity contribution in [3.05, 3.63) is 52.6 Å². The van der Waals surface area contributed by atoms with Crippen molar-refractivity contribution in [2.75, 3.05) is 33.9 Å². The normalized spacial score (nSPS) is 14.1. The zero-order valence-electron chi connectivity index (χ0n) is 22.9. The van der Waals surface area contributed by atoms with Crippen LogP contribution in [0.2, 0.25) is 0 Å². The Morgan fingerprint density at radius 3 is 2.50 bits per heavy atom. The molecule has 1 heterocycles. The molecule has 0 saturated carbocycles. The lowest BCUT2D eigenvalue weighted by Crippen LogP contribution is -2.32. The molecule has 10 heteroatoms. The number of ether oxygens (including phenoxy) is 2. The molecule has 1 aromatic heterocycles. The minimum absolute atomic E-state index is 0.0652. The molecule has 3 N–H and O–H groups in total. The van der Waals surface area contributed by atoms with Crippen molar-refractivity contribution in [1.29, 1.82) is 5.41 Å². The summed E-state index contributed by atoms with van der Waals surface area (Å²) in [5.41, 5.74) is 0.137. The van der Waals surface area contributed by atoms with E-state index < -0.39 is 17.2 Å². The number of nitrogens with zero attached hydrogens (tertiary/aromatic N) is 2. The van der Waals surface area contributed by atoms with Crippen molar-refractivity contribution in [1.82, 2.24) is 20.6 Å². The summed E-state index contributed by atoms with van der Waals surface area (Å²) in [5, 5.41) is 14.0. The fourth-order valence-corrected chi connectivity index (χ4v) is 4.00. The monoisotopic (exact) mass is 533 g/mol. The maximum atomic E-state index is 16.1. The number of aromatic nitrogens is 2. The van der Waals surface area contributed by atoms with Gasteiger partial charge < -0.3 is 25.5 Å². The van der Waals surface area contributed by atoms with Crippen molar-refractivity contribution in [2.24, 2.45) is 11.8 Å². The number of methoxy groups -OCH3 is 1. The zero-order chi connectivity index (χ0) is 28.2. The third-order valence-corrected chi connectivity index (χ3v) is 6.46. The quantitative estimate of drug-likeness (QED) is 0.150. The van der Waals surface area contributed by atoms with Gasteiger partial charge in [0, 0.05) is 37.0 Å². The van der Waals surface area contributed by atoms with Crippen LogP contribution < -0.4 is 20.1 Å². The molecule has 0 amide bonds. The van der Waals surface area contributed by atoms with Gasteiger partial charge in [-0.15, -0.1) is 0 Å². The van der Waals surface area contributed by atoms with E-state index in [9.17, 15) is 4.39 Å². The lowest BCUT2D eigenvalue weighted by molar-refractivity contribution is 0.190. The van der Waals surface area contributed by atoms with Crippen LogP contribution in [0.15, 0.2) is 29.8 Å². The molecular weight excluding hydrogens is 495 g/mol. The predicted octanol–water partition coefficient (Wildman–Crippen LogP) is 5.89. The molecule has 7 nitrogen and oxygen atoms in total. The van der Waals surface area contributed by atoms with Crippen LogP contribution in [0.3, 0.4) is 0 Å². The molecule has 0 aliphatic rings. The zero-order valence-corrected chi connectivity index (χ0v) is 22.9. The lowest BCUT2D eigenvalue weighted by Gasteiger charge is -2.25. The number of hydrogen-bond acceptors (Lipinski definition) is 7. The third-order valence-electron chi connectivity index (χ3n) is 6.46. The van der Waals surface area contributed by atoms with Crippen molar-refractivity contribution >= 4 is 23.2 Å². The average molecular weight is 534 g/mol. The summed E-state index contributed by atoms with van der Waals surface area (Å²) in [6.07, 6.45) is 6.74. The molecule has 0 bridgehead atoms. The van der Waals surface area contributed by atoms with E-state index in [2.05, 4.69) is 41.4 Å². The summed E-state index contributed by atoms with van der Waals surface area (Å²) in [6.45, 7) is 9.65. The molecule has 0 aliphatic carbocycles. The Bertz CT molecular complexity index is 1200. The molecule has 0 spiro atoms. The molecule has 2 atom stereocenters. The maximum absolute atomic E-state index is 16.1. The lowest BCUT2D eigenvalue weighted by atomic mass is 9.92. The van der Waals surface area contributed by atoms with Crippen LogP contribution in [-0.2, 0) is 0 Å². The molecule has 0 saturated heterocycles. The van der Waals surface area contributed by atoms with Gasteiger partial charge in [0.2, 0.25) is 0 Å². The van der Waals surface area contributed by atoms with Gasteiger partial charge in [0.1, 0.15) is 5.52 Å². The van der Waals surface area contributed by atoms with Gasteiger partial charge in [-0.1, -0.05) is 27.2 Å². The highest BCUT2D eigenvalue weighted by atomic mass is 19.1. The SMILES string of the molecule is CCCNC[C@@H](COc1c(F)c(/C=C(NC)/C(C=N)=C\C=C\F)c(F)c2nc(OC)nc(C)c12)C(C)CC. The predicted molar refractivity (Wildman–Crippen MR) is 146 cm³/mol. The van der Waals surface area contributed by atoms with E-state index in [0.29, 0.717) is 24.5 Å². The van der Waals surface area contributed by atoms with Gasteiger partial charge in [-0.25, -0.2) is 13.2 Å². The van der Waals surface area contributed by atoms with Gasteiger partial charge in [-0.2, -0.15) is 9.97 Å². The largest absolute Gasteiger partial charge is 0.489 e. The first-order chi connectivity index (χ1) is 18.3. The van der Waals surface area contributed by atoms with Crippen LogP contribution in [0.25, 0.3) is 17.0 Å². The molecule has 2 rings (SSSR count). The molecular formula is C28H38F3N5O2. The summed E-state index contributed by atoms with van der Waals surface area (Å²) >= 11 is 0. The molecule has 208 valence electrons. The number of halogens is 3. The van der Waals surface area contributed by atoms with Crippen LogP contribution in [0.5, 0.6) is 11.8 Å². The first-order valence-electron chi connectivity index (χ1n) is 12.7. The Kier molecular flexibility index (Phi) is 12.3. The second kappa shape index (κ2) is 15.1. The van der Waals surface area contributed by atoms with E-state index in [1.165, 1.54) is 26.3 Å². The van der Waals surface area contributed by atoms with Crippen LogP contribution in [0.1, 0.15) is 44.9 Å². The van der Waals surface area contributed by atoms with Gasteiger partial charge in [0.05, 0.1) is 36.7 Å². The van der Waals surface area contributed by atoms with Crippen molar-refractivity contribution in [2.45, 2.75) is 40.5 Å². The maximum Gasteiger partial charge on any atom is 0.316 e. The number of benzene rings is 1. The molecule has 1 unspecified atom stereocenters. The topological polar surface area (TPSA) is 92.2 Å². The Labute approximate surface area is 222 Å². The van der Waals surface area contributed by atoms with Gasteiger partial charge in [0.15, 0.2) is 17.4 Å². The van der Waals surface area contributed by atoms with Crippen molar-refractivity contribution < 1.29 is 22.6 Å². The van der Waals surface area contributed by atoms with Gasteiger partial charge in [0.25, 0.3) is 0 Å². The Hall–Kier alpha value is -3.40. The van der Waals surface area contributed by atoms with Gasteiger partial charge >= 0.3 is 6.01 Å². The van der Waals surface area contributed by atoms with Crippen LogP contribution in [0, 0.1) is 35.8 Å². The molecule has 38 heavy (non-hydrogen) atoms. The van der Waals surface area contributed by atoms with Crippen molar-refractivity contribution in [3.63, 3.8) is 0 Å². The van der Waals surface area contributed by atoms with Gasteiger partial charge in [-0.3, -0.25) is 0 Å². The van der Waals surface area contributed by atoms with E-state index >= 15 is 8.78 Å². The summed E-state index contributed by atoms with van der Waals surface area (Å²) in [5.74, 6) is -1.64. The number of allylic oxidation sites excluding steroid dienone is 3. The summed E-state index contributed by atoms with van der Waals surface area (Å²) in [6, 6.07) is -0.0652. The summed E-state index contributed by atoms with van der Waals surface area (Å²) in [4.78, 5) is 8.38. The van der Waals surface area contributed by atoms with Crippen LogP contribution in [-0.4, -0.2) is 50.0 Å². The number of hydrogen-bond donors (Lipinski definition) is 3. The minimum atomic E-state index is -0.935. The van der Waals surface area contributed by atoms with Gasteiger partial charge in [-0.05, 0) is 44.0 Å². The Balaban J connectivity index is 2.75. The van der Waals surface area contributed by atoms with E-state index in [0.717, 1.165) is 31.7 Å². The first kappa shape index (κ1) is 30.8. The number of fused-ring (bicyclic) bond motifs is 1. The summed E-state index contributed by atoms with van der Waals surface area (Å²) < 4.78 is 55.7. The highest BCUT2D eigenvalue weighted by molar-refractivity contribution is 5.92. The highest BCUT2D eigenvalue weighted by Gasteiger charge is 2.26. The molecule has 0 radical (unpaired) electrons. The smallest absolute Gasteiger partial charge is 0.316 e. The average Bonchev–Trinajstić information content (AvgIpc) is 2.92. The number of likely N-dealkylation sites (N-methyl/N-ethyl adjacent to an activating group) is 1.